The summed E-state index contributed by atoms with van der Waals surface area (Å²) in [5.41, 5.74) is 1.24. The molecule has 2 amide bonds. The van der Waals surface area contributed by atoms with E-state index in [0.29, 0.717) is 5.41 Å². The number of nitrogens with one attached hydrogen (secondary N) is 2. The van der Waals surface area contributed by atoms with Crippen molar-refractivity contribution < 1.29 is 4.79 Å². The number of fused-ring (bicyclic) bond motifs is 1. The predicted molar refractivity (Wildman–Crippen MR) is 88.7 cm³/mol. The number of para-hydroxylation sites is 1. The van der Waals surface area contributed by atoms with Crippen molar-refractivity contribution in [2.24, 2.45) is 23.2 Å². The Morgan fingerprint density at radius 1 is 1.05 bits per heavy atom. The Bertz CT molecular complexity index is 528. The molecule has 0 spiro atoms. The zero-order valence-corrected chi connectivity index (χ0v) is 13.2. The maximum atomic E-state index is 12.2. The second-order valence-electron chi connectivity index (χ2n) is 7.93. The molecular weight excluding hydrogens is 272 g/mol. The van der Waals surface area contributed by atoms with Gasteiger partial charge in [-0.2, -0.15) is 0 Å². The summed E-state index contributed by atoms with van der Waals surface area (Å²) in [6.07, 6.45) is 9.74. The molecule has 1 aromatic rings. The first-order valence-electron chi connectivity index (χ1n) is 8.81. The second-order valence-corrected chi connectivity index (χ2v) is 7.93. The molecular formula is C19H26N2O. The number of hydrogen-bond donors (Lipinski definition) is 2. The first kappa shape index (κ1) is 14.1. The van der Waals surface area contributed by atoms with Crippen LogP contribution in [0, 0.1) is 23.2 Å². The number of anilines is 1. The van der Waals surface area contributed by atoms with Gasteiger partial charge >= 0.3 is 6.03 Å². The van der Waals surface area contributed by atoms with Crippen molar-refractivity contribution in [1.29, 1.82) is 0 Å². The summed E-state index contributed by atoms with van der Waals surface area (Å²) in [4.78, 5) is 12.2. The van der Waals surface area contributed by atoms with E-state index in [4.69, 9.17) is 0 Å². The zero-order chi connectivity index (χ0) is 15.0. The van der Waals surface area contributed by atoms with Crippen LogP contribution >= 0.6 is 0 Å². The Labute approximate surface area is 132 Å². The molecule has 0 radical (unpaired) electrons. The molecule has 4 aliphatic rings. The van der Waals surface area contributed by atoms with Crippen molar-refractivity contribution in [2.45, 2.75) is 44.9 Å². The lowest BCUT2D eigenvalue weighted by Gasteiger charge is -2.45. The van der Waals surface area contributed by atoms with Gasteiger partial charge in [0.1, 0.15) is 0 Å². The lowest BCUT2D eigenvalue weighted by atomic mass is 9.61. The summed E-state index contributed by atoms with van der Waals surface area (Å²) >= 11 is 0. The van der Waals surface area contributed by atoms with Gasteiger partial charge in [-0.25, -0.2) is 4.79 Å². The Balaban J connectivity index is 1.37. The largest absolute Gasteiger partial charge is 0.337 e. The molecule has 2 N–H and O–H groups in total. The minimum Gasteiger partial charge on any atom is -0.337 e. The molecule has 1 aromatic carbocycles. The quantitative estimate of drug-likeness (QED) is 0.852. The summed E-state index contributed by atoms with van der Waals surface area (Å²) in [6, 6.07) is 9.64. The number of urea groups is 1. The Morgan fingerprint density at radius 2 is 1.73 bits per heavy atom. The fourth-order valence-corrected chi connectivity index (χ4v) is 5.49. The first-order valence-corrected chi connectivity index (χ1v) is 8.81. The molecule has 0 aliphatic heterocycles. The van der Waals surface area contributed by atoms with E-state index in [1.165, 1.54) is 44.9 Å². The molecule has 4 aliphatic carbocycles. The van der Waals surface area contributed by atoms with Crippen molar-refractivity contribution in [3.05, 3.63) is 30.3 Å². The summed E-state index contributed by atoms with van der Waals surface area (Å²) in [7, 11) is 0. The Morgan fingerprint density at radius 3 is 2.45 bits per heavy atom. The highest BCUT2D eigenvalue weighted by atomic mass is 16.2. The molecule has 4 saturated carbocycles. The first-order chi connectivity index (χ1) is 10.7. The van der Waals surface area contributed by atoms with Gasteiger partial charge in [-0.15, -0.1) is 0 Å². The van der Waals surface area contributed by atoms with Gasteiger partial charge in [0.2, 0.25) is 0 Å². The summed E-state index contributed by atoms with van der Waals surface area (Å²) in [6.45, 7) is 0.853. The third kappa shape index (κ3) is 2.86. The van der Waals surface area contributed by atoms with Crippen molar-refractivity contribution >= 4 is 11.7 Å². The average molecular weight is 298 g/mol. The van der Waals surface area contributed by atoms with Crippen molar-refractivity contribution in [3.63, 3.8) is 0 Å². The average Bonchev–Trinajstić information content (AvgIpc) is 2.71. The van der Waals surface area contributed by atoms with Gasteiger partial charge in [0.25, 0.3) is 0 Å². The van der Waals surface area contributed by atoms with Crippen LogP contribution in [0.15, 0.2) is 30.3 Å². The summed E-state index contributed by atoms with van der Waals surface area (Å²) < 4.78 is 0. The topological polar surface area (TPSA) is 41.1 Å². The van der Waals surface area contributed by atoms with E-state index in [2.05, 4.69) is 10.6 Å². The van der Waals surface area contributed by atoms with Crippen molar-refractivity contribution in [1.82, 2.24) is 5.32 Å². The number of carbonyl (C=O) groups excluding carboxylic acids is 1. The molecule has 4 fully saturated rings. The van der Waals surface area contributed by atoms with Crippen molar-refractivity contribution in [2.75, 3.05) is 11.9 Å². The fourth-order valence-electron chi connectivity index (χ4n) is 5.49. The molecule has 0 heterocycles. The summed E-state index contributed by atoms with van der Waals surface area (Å²) in [5, 5.41) is 6.10. The van der Waals surface area contributed by atoms with E-state index < -0.39 is 0 Å². The lowest BCUT2D eigenvalue weighted by molar-refractivity contribution is 0.0678. The lowest BCUT2D eigenvalue weighted by Crippen LogP contribution is -2.43. The molecule has 5 rings (SSSR count). The number of rotatable bonds is 3. The van der Waals surface area contributed by atoms with Crippen LogP contribution in [0.2, 0.25) is 0 Å². The van der Waals surface area contributed by atoms with Gasteiger partial charge < -0.3 is 10.6 Å². The molecule has 118 valence electrons. The standard InChI is InChI=1S/C19H26N2O/c22-18(21-17-4-2-1-3-5-17)20-13-19-7-6-14-8-15(11-19)10-16(9-14)12-19/h1-5,14-16H,6-13H2,(H2,20,21,22)/t14?,15-,16+,19?. The van der Waals surface area contributed by atoms with Crippen LogP contribution in [-0.4, -0.2) is 12.6 Å². The van der Waals surface area contributed by atoms with Crippen molar-refractivity contribution in [3.8, 4) is 0 Å². The van der Waals surface area contributed by atoms with E-state index in [1.807, 2.05) is 30.3 Å². The molecule has 22 heavy (non-hydrogen) atoms. The van der Waals surface area contributed by atoms with Crippen LogP contribution in [0.25, 0.3) is 0 Å². The second kappa shape index (κ2) is 5.60. The maximum Gasteiger partial charge on any atom is 0.319 e. The molecule has 4 bridgehead atoms. The molecule has 3 nitrogen and oxygen atoms in total. The molecule has 0 saturated heterocycles. The predicted octanol–water partition coefficient (Wildman–Crippen LogP) is 4.41. The molecule has 3 heteroatoms. The molecule has 4 atom stereocenters. The van der Waals surface area contributed by atoms with Gasteiger partial charge in [-0.3, -0.25) is 0 Å². The molecule has 2 unspecified atom stereocenters. The monoisotopic (exact) mass is 298 g/mol. The van der Waals surface area contributed by atoms with Gasteiger partial charge in [0.15, 0.2) is 0 Å². The van der Waals surface area contributed by atoms with Gasteiger partial charge in [0.05, 0.1) is 0 Å². The van der Waals surface area contributed by atoms with E-state index in [-0.39, 0.29) is 6.03 Å². The molecule has 0 aromatic heterocycles. The SMILES string of the molecule is O=C(NCC12CCC3C[C@H](C[C@H](C3)C1)C2)Nc1ccccc1. The van der Waals surface area contributed by atoms with Crippen LogP contribution in [0.4, 0.5) is 10.5 Å². The highest BCUT2D eigenvalue weighted by Gasteiger charge is 2.47. The minimum absolute atomic E-state index is 0.0562. The normalized spacial score (nSPS) is 35.9. The van der Waals surface area contributed by atoms with Crippen LogP contribution in [-0.2, 0) is 0 Å². The third-order valence-corrected chi connectivity index (χ3v) is 6.18. The van der Waals surface area contributed by atoms with Gasteiger partial charge in [-0.05, 0) is 80.2 Å². The number of hydrogen-bond acceptors (Lipinski definition) is 1. The van der Waals surface area contributed by atoms with Gasteiger partial charge in [0, 0.05) is 12.2 Å². The smallest absolute Gasteiger partial charge is 0.319 e. The van der Waals surface area contributed by atoms with Crippen LogP contribution < -0.4 is 10.6 Å². The minimum atomic E-state index is -0.0562. The van der Waals surface area contributed by atoms with Crippen LogP contribution in [0.5, 0.6) is 0 Å². The summed E-state index contributed by atoms with van der Waals surface area (Å²) in [5.74, 6) is 2.84. The van der Waals surface area contributed by atoms with Crippen LogP contribution in [0.1, 0.15) is 44.9 Å². The van der Waals surface area contributed by atoms with Crippen LogP contribution in [0.3, 0.4) is 0 Å². The highest BCUT2D eigenvalue weighted by Crippen LogP contribution is 2.56. The third-order valence-electron chi connectivity index (χ3n) is 6.18. The van der Waals surface area contributed by atoms with E-state index >= 15 is 0 Å². The highest BCUT2D eigenvalue weighted by molar-refractivity contribution is 5.89. The number of benzene rings is 1. The maximum absolute atomic E-state index is 12.2. The van der Waals surface area contributed by atoms with Gasteiger partial charge in [-0.1, -0.05) is 18.2 Å². The number of carbonyl (C=O) groups is 1. The van der Waals surface area contributed by atoms with E-state index in [0.717, 1.165) is 30.0 Å². The fraction of sp³-hybridized carbons (Fsp3) is 0.632. The zero-order valence-electron chi connectivity index (χ0n) is 13.2. The Hall–Kier alpha value is -1.51. The Kier molecular flexibility index (Phi) is 3.59. The van der Waals surface area contributed by atoms with E-state index in [1.54, 1.807) is 0 Å². The number of amides is 2. The van der Waals surface area contributed by atoms with E-state index in [9.17, 15) is 4.79 Å².